The third-order valence-electron chi connectivity index (χ3n) is 3.15. The number of hydrogen-bond donors (Lipinski definition) is 1. The first-order valence-electron chi connectivity index (χ1n) is 6.95. The fourth-order valence-corrected chi connectivity index (χ4v) is 2.42. The molecule has 2 rings (SSSR count). The van der Waals surface area contributed by atoms with Gasteiger partial charge in [-0.25, -0.2) is 0 Å². The Labute approximate surface area is 135 Å². The van der Waals surface area contributed by atoms with Gasteiger partial charge in [0.15, 0.2) is 0 Å². The van der Waals surface area contributed by atoms with Crippen LogP contribution in [0, 0.1) is 0 Å². The van der Waals surface area contributed by atoms with Gasteiger partial charge in [-0.3, -0.25) is 0 Å². The van der Waals surface area contributed by atoms with Crippen molar-refractivity contribution in [2.24, 2.45) is 0 Å². The van der Waals surface area contributed by atoms with Crippen molar-refractivity contribution in [3.8, 4) is 5.75 Å². The van der Waals surface area contributed by atoms with Crippen molar-refractivity contribution in [2.75, 3.05) is 6.61 Å². The average molecular weight is 325 g/mol. The van der Waals surface area contributed by atoms with Crippen LogP contribution in [0.5, 0.6) is 5.75 Å². The maximum absolute atomic E-state index is 10.5. The summed E-state index contributed by atoms with van der Waals surface area (Å²) >= 11 is 11.9. The molecule has 2 aromatic rings. The quantitative estimate of drug-likeness (QED) is 0.804. The molecule has 4 heteroatoms. The van der Waals surface area contributed by atoms with Crippen LogP contribution in [0.1, 0.15) is 30.6 Å². The Morgan fingerprint density at radius 3 is 2.57 bits per heavy atom. The highest BCUT2D eigenvalue weighted by atomic mass is 35.5. The number of hydrogen-bond acceptors (Lipinski definition) is 2. The van der Waals surface area contributed by atoms with Crippen LogP contribution in [0.2, 0.25) is 10.0 Å². The molecule has 1 unspecified atom stereocenters. The lowest BCUT2D eigenvalue weighted by Crippen LogP contribution is -2.06. The third-order valence-corrected chi connectivity index (χ3v) is 3.89. The smallest absolute Gasteiger partial charge is 0.125 e. The summed E-state index contributed by atoms with van der Waals surface area (Å²) < 4.78 is 5.68. The minimum absolute atomic E-state index is 0.462. The lowest BCUT2D eigenvalue weighted by atomic mass is 10.0. The second-order valence-corrected chi connectivity index (χ2v) is 5.67. The lowest BCUT2D eigenvalue weighted by molar-refractivity contribution is 0.171. The normalized spacial score (nSPS) is 12.2. The molecule has 0 saturated carbocycles. The first-order chi connectivity index (χ1) is 10.1. The standard InChI is InChI=1S/C17H18Cl2O2/c1-2-9-21-17-6-4-3-5-13(17)16(20)11-12-7-8-14(18)15(19)10-12/h3-8,10,16,20H,2,9,11H2,1H3. The molecule has 0 amide bonds. The maximum Gasteiger partial charge on any atom is 0.125 e. The van der Waals surface area contributed by atoms with E-state index in [2.05, 4.69) is 6.92 Å². The fourth-order valence-electron chi connectivity index (χ4n) is 2.10. The Morgan fingerprint density at radius 1 is 1.10 bits per heavy atom. The lowest BCUT2D eigenvalue weighted by Gasteiger charge is -2.16. The van der Waals surface area contributed by atoms with Gasteiger partial charge in [0.05, 0.1) is 22.8 Å². The van der Waals surface area contributed by atoms with Gasteiger partial charge in [-0.1, -0.05) is 54.4 Å². The van der Waals surface area contributed by atoms with Gasteiger partial charge in [0.1, 0.15) is 5.75 Å². The van der Waals surface area contributed by atoms with Gasteiger partial charge in [0, 0.05) is 12.0 Å². The van der Waals surface area contributed by atoms with Crippen LogP contribution in [0.4, 0.5) is 0 Å². The molecule has 1 N–H and O–H groups in total. The van der Waals surface area contributed by atoms with E-state index >= 15 is 0 Å². The molecule has 0 fully saturated rings. The molecule has 0 saturated heterocycles. The van der Waals surface area contributed by atoms with E-state index in [1.54, 1.807) is 12.1 Å². The molecule has 0 radical (unpaired) electrons. The average Bonchev–Trinajstić information content (AvgIpc) is 2.49. The molecule has 21 heavy (non-hydrogen) atoms. The Bertz CT molecular complexity index is 599. The van der Waals surface area contributed by atoms with E-state index in [0.717, 1.165) is 23.3 Å². The second kappa shape index (κ2) is 7.69. The number of halogens is 2. The summed E-state index contributed by atoms with van der Waals surface area (Å²) in [4.78, 5) is 0. The maximum atomic E-state index is 10.5. The minimum atomic E-state index is -0.643. The van der Waals surface area contributed by atoms with Gasteiger partial charge in [-0.15, -0.1) is 0 Å². The van der Waals surface area contributed by atoms with Gasteiger partial charge < -0.3 is 9.84 Å². The predicted octanol–water partition coefficient (Wildman–Crippen LogP) is 5.06. The molecular weight excluding hydrogens is 307 g/mol. The number of ether oxygens (including phenoxy) is 1. The van der Waals surface area contributed by atoms with E-state index < -0.39 is 6.10 Å². The summed E-state index contributed by atoms with van der Waals surface area (Å²) in [5.74, 6) is 0.729. The Morgan fingerprint density at radius 2 is 1.86 bits per heavy atom. The fraction of sp³-hybridized carbons (Fsp3) is 0.294. The van der Waals surface area contributed by atoms with E-state index in [0.29, 0.717) is 23.1 Å². The molecule has 2 aromatic carbocycles. The summed E-state index contributed by atoms with van der Waals surface area (Å²) in [6.07, 6.45) is 0.746. The minimum Gasteiger partial charge on any atom is -0.493 e. The first-order valence-corrected chi connectivity index (χ1v) is 7.71. The molecule has 112 valence electrons. The molecule has 0 bridgehead atoms. The van der Waals surface area contributed by atoms with Crippen LogP contribution in [-0.2, 0) is 6.42 Å². The summed E-state index contributed by atoms with van der Waals surface area (Å²) in [6, 6.07) is 12.9. The van der Waals surface area contributed by atoms with E-state index in [4.69, 9.17) is 27.9 Å². The van der Waals surface area contributed by atoms with E-state index in [-0.39, 0.29) is 0 Å². The summed E-state index contributed by atoms with van der Waals surface area (Å²) in [6.45, 7) is 2.69. The van der Waals surface area contributed by atoms with Gasteiger partial charge in [-0.2, -0.15) is 0 Å². The molecule has 0 aliphatic carbocycles. The van der Waals surface area contributed by atoms with E-state index in [1.807, 2.05) is 30.3 Å². The van der Waals surface area contributed by atoms with Crippen LogP contribution in [-0.4, -0.2) is 11.7 Å². The second-order valence-electron chi connectivity index (χ2n) is 4.85. The van der Waals surface area contributed by atoms with Gasteiger partial charge in [-0.05, 0) is 30.2 Å². The molecule has 0 heterocycles. The highest BCUT2D eigenvalue weighted by Gasteiger charge is 2.14. The van der Waals surface area contributed by atoms with Crippen LogP contribution in [0.15, 0.2) is 42.5 Å². The zero-order valence-corrected chi connectivity index (χ0v) is 13.4. The van der Waals surface area contributed by atoms with Gasteiger partial charge in [0.2, 0.25) is 0 Å². The molecule has 1 atom stereocenters. The predicted molar refractivity (Wildman–Crippen MR) is 87.4 cm³/mol. The third kappa shape index (κ3) is 4.37. The van der Waals surface area contributed by atoms with Crippen molar-refractivity contribution in [1.29, 1.82) is 0 Å². The number of rotatable bonds is 6. The zero-order valence-electron chi connectivity index (χ0n) is 11.9. The number of aliphatic hydroxyl groups is 1. The van der Waals surface area contributed by atoms with E-state index in [1.165, 1.54) is 0 Å². The monoisotopic (exact) mass is 324 g/mol. The molecule has 0 aliphatic rings. The topological polar surface area (TPSA) is 29.5 Å². The number of benzene rings is 2. The van der Waals surface area contributed by atoms with Crippen LogP contribution < -0.4 is 4.74 Å². The van der Waals surface area contributed by atoms with Crippen molar-refractivity contribution in [1.82, 2.24) is 0 Å². The van der Waals surface area contributed by atoms with Crippen LogP contribution >= 0.6 is 23.2 Å². The number of aliphatic hydroxyl groups excluding tert-OH is 1. The molecule has 0 spiro atoms. The Balaban J connectivity index is 2.15. The van der Waals surface area contributed by atoms with Crippen LogP contribution in [0.25, 0.3) is 0 Å². The Kier molecular flexibility index (Phi) is 5.92. The SMILES string of the molecule is CCCOc1ccccc1C(O)Cc1ccc(Cl)c(Cl)c1. The van der Waals surface area contributed by atoms with E-state index in [9.17, 15) is 5.11 Å². The van der Waals surface area contributed by atoms with Crippen molar-refractivity contribution in [3.63, 3.8) is 0 Å². The number of para-hydroxylation sites is 1. The molecule has 0 aromatic heterocycles. The van der Waals surface area contributed by atoms with Crippen molar-refractivity contribution in [2.45, 2.75) is 25.9 Å². The zero-order chi connectivity index (χ0) is 15.2. The summed E-state index contributed by atoms with van der Waals surface area (Å²) in [7, 11) is 0. The summed E-state index contributed by atoms with van der Waals surface area (Å²) in [5.41, 5.74) is 1.72. The van der Waals surface area contributed by atoms with Crippen molar-refractivity contribution in [3.05, 3.63) is 63.6 Å². The molecular formula is C17H18Cl2O2. The van der Waals surface area contributed by atoms with Crippen molar-refractivity contribution >= 4 is 23.2 Å². The highest BCUT2D eigenvalue weighted by molar-refractivity contribution is 6.42. The Hall–Kier alpha value is -1.22. The highest BCUT2D eigenvalue weighted by Crippen LogP contribution is 2.29. The van der Waals surface area contributed by atoms with Crippen LogP contribution in [0.3, 0.4) is 0 Å². The van der Waals surface area contributed by atoms with Crippen molar-refractivity contribution < 1.29 is 9.84 Å². The first kappa shape index (κ1) is 16.2. The largest absolute Gasteiger partial charge is 0.493 e. The molecule has 2 nitrogen and oxygen atoms in total. The molecule has 0 aliphatic heterocycles. The summed E-state index contributed by atoms with van der Waals surface area (Å²) in [5, 5.41) is 11.5. The van der Waals surface area contributed by atoms with Gasteiger partial charge >= 0.3 is 0 Å². The van der Waals surface area contributed by atoms with Gasteiger partial charge in [0.25, 0.3) is 0 Å².